The number of urea groups is 1. The van der Waals surface area contributed by atoms with Crippen LogP contribution in [0.2, 0.25) is 0 Å². The molecule has 2 heterocycles. The molecule has 0 saturated carbocycles. The van der Waals surface area contributed by atoms with Gasteiger partial charge in [-0.1, -0.05) is 19.1 Å². The minimum Gasteiger partial charge on any atom is -0.497 e. The number of carbonyl (C=O) groups is 3. The summed E-state index contributed by atoms with van der Waals surface area (Å²) in [6.07, 6.45) is 3.37. The molecule has 2 fully saturated rings. The Morgan fingerprint density at radius 3 is 2.32 bits per heavy atom. The molecule has 7 nitrogen and oxygen atoms in total. The Morgan fingerprint density at radius 2 is 1.79 bits per heavy atom. The molecule has 4 amide bonds. The van der Waals surface area contributed by atoms with Crippen LogP contribution < -0.4 is 10.1 Å². The maximum Gasteiger partial charge on any atom is 0.325 e. The number of methoxy groups -OCH3 is 1. The first-order chi connectivity index (χ1) is 13.3. The first-order valence-corrected chi connectivity index (χ1v) is 9.93. The number of carbonyl (C=O) groups excluding carboxylic acids is 3. The fraction of sp³-hybridized carbons (Fsp3) is 0.571. The van der Waals surface area contributed by atoms with Gasteiger partial charge in [-0.3, -0.25) is 14.5 Å². The lowest BCUT2D eigenvalue weighted by Crippen LogP contribution is -2.52. The number of rotatable bonds is 5. The highest BCUT2D eigenvalue weighted by atomic mass is 16.5. The van der Waals surface area contributed by atoms with Gasteiger partial charge in [0.05, 0.1) is 7.11 Å². The summed E-state index contributed by atoms with van der Waals surface area (Å²) in [5, 5.41) is 2.83. The normalized spacial score (nSPS) is 27.7. The van der Waals surface area contributed by atoms with Gasteiger partial charge in [-0.15, -0.1) is 0 Å². The molecule has 0 aliphatic carbocycles. The fourth-order valence-electron chi connectivity index (χ4n) is 4.41. The quantitative estimate of drug-likeness (QED) is 0.788. The highest BCUT2D eigenvalue weighted by molar-refractivity contribution is 6.09. The van der Waals surface area contributed by atoms with E-state index in [1.807, 2.05) is 25.7 Å². The van der Waals surface area contributed by atoms with Crippen LogP contribution in [-0.4, -0.2) is 53.4 Å². The minimum absolute atomic E-state index is 0.120. The summed E-state index contributed by atoms with van der Waals surface area (Å²) in [6.45, 7) is 5.67. The van der Waals surface area contributed by atoms with E-state index in [2.05, 4.69) is 5.32 Å². The lowest BCUT2D eigenvalue weighted by Gasteiger charge is -2.39. The first kappa shape index (κ1) is 20.2. The average Bonchev–Trinajstić information content (AvgIpc) is 2.93. The Labute approximate surface area is 166 Å². The van der Waals surface area contributed by atoms with Crippen molar-refractivity contribution in [1.29, 1.82) is 0 Å². The largest absolute Gasteiger partial charge is 0.497 e. The molecule has 2 aliphatic heterocycles. The second-order valence-electron chi connectivity index (χ2n) is 7.74. The van der Waals surface area contributed by atoms with E-state index in [0.717, 1.165) is 24.2 Å². The molecule has 0 aromatic heterocycles. The molecule has 1 aromatic carbocycles. The molecular formula is C21H29N3O4. The van der Waals surface area contributed by atoms with Crippen molar-refractivity contribution in [3.63, 3.8) is 0 Å². The molecule has 1 aromatic rings. The number of nitrogens with zero attached hydrogens (tertiary/aromatic N) is 2. The van der Waals surface area contributed by atoms with Crippen LogP contribution in [0.15, 0.2) is 24.3 Å². The van der Waals surface area contributed by atoms with Crippen molar-refractivity contribution >= 4 is 17.8 Å². The number of ether oxygens (including phenoxy) is 1. The van der Waals surface area contributed by atoms with Gasteiger partial charge < -0.3 is 15.0 Å². The summed E-state index contributed by atoms with van der Waals surface area (Å²) in [5.41, 5.74) is -0.466. The third-order valence-electron chi connectivity index (χ3n) is 6.06. The zero-order valence-electron chi connectivity index (χ0n) is 17.0. The fourth-order valence-corrected chi connectivity index (χ4v) is 4.41. The van der Waals surface area contributed by atoms with Crippen molar-refractivity contribution in [2.45, 2.75) is 64.1 Å². The Morgan fingerprint density at radius 1 is 1.18 bits per heavy atom. The van der Waals surface area contributed by atoms with Crippen LogP contribution in [0.3, 0.4) is 0 Å². The van der Waals surface area contributed by atoms with E-state index in [9.17, 15) is 14.4 Å². The van der Waals surface area contributed by atoms with Gasteiger partial charge in [0.15, 0.2) is 0 Å². The van der Waals surface area contributed by atoms with E-state index in [1.165, 1.54) is 0 Å². The molecule has 7 heteroatoms. The minimum atomic E-state index is -1.15. The second-order valence-corrected chi connectivity index (χ2v) is 7.74. The van der Waals surface area contributed by atoms with E-state index in [4.69, 9.17) is 4.74 Å². The number of imide groups is 1. The van der Waals surface area contributed by atoms with Crippen LogP contribution in [-0.2, 0) is 15.1 Å². The van der Waals surface area contributed by atoms with Gasteiger partial charge >= 0.3 is 6.03 Å². The lowest BCUT2D eigenvalue weighted by atomic mass is 9.87. The van der Waals surface area contributed by atoms with E-state index in [0.29, 0.717) is 17.7 Å². The predicted molar refractivity (Wildman–Crippen MR) is 105 cm³/mol. The third-order valence-corrected chi connectivity index (χ3v) is 6.06. The van der Waals surface area contributed by atoms with Gasteiger partial charge in [0, 0.05) is 12.1 Å². The Kier molecular flexibility index (Phi) is 5.63. The second kappa shape index (κ2) is 7.81. The monoisotopic (exact) mass is 387 g/mol. The number of nitrogens with one attached hydrogen (secondary N) is 1. The van der Waals surface area contributed by atoms with Gasteiger partial charge in [-0.25, -0.2) is 4.79 Å². The van der Waals surface area contributed by atoms with E-state index >= 15 is 0 Å². The SMILES string of the molecule is CC[C@]1(c2ccc(OC)cc2)NC(=O)N(CC(=O)N2[C@H](C)CCC[C@@H]2C)C1=O. The maximum atomic E-state index is 13.2. The van der Waals surface area contributed by atoms with Crippen LogP contribution in [0.4, 0.5) is 4.79 Å². The molecule has 152 valence electrons. The molecular weight excluding hydrogens is 358 g/mol. The van der Waals surface area contributed by atoms with Gasteiger partial charge in [0.25, 0.3) is 5.91 Å². The maximum absolute atomic E-state index is 13.2. The van der Waals surface area contributed by atoms with Gasteiger partial charge in [-0.05, 0) is 57.2 Å². The molecule has 1 N–H and O–H groups in total. The number of benzene rings is 1. The number of likely N-dealkylation sites (tertiary alicyclic amines) is 1. The Hall–Kier alpha value is -2.57. The van der Waals surface area contributed by atoms with Crippen LogP contribution in [0.5, 0.6) is 5.75 Å². The van der Waals surface area contributed by atoms with E-state index in [-0.39, 0.29) is 30.4 Å². The Bertz CT molecular complexity index is 753. The van der Waals surface area contributed by atoms with Crippen LogP contribution in [0.25, 0.3) is 0 Å². The first-order valence-electron chi connectivity index (χ1n) is 9.93. The summed E-state index contributed by atoms with van der Waals surface area (Å²) < 4.78 is 5.17. The number of amides is 4. The zero-order chi connectivity index (χ0) is 20.5. The molecule has 3 atom stereocenters. The van der Waals surface area contributed by atoms with E-state index in [1.54, 1.807) is 31.4 Å². The zero-order valence-corrected chi connectivity index (χ0v) is 17.0. The van der Waals surface area contributed by atoms with Crippen LogP contribution in [0.1, 0.15) is 52.0 Å². The molecule has 3 rings (SSSR count). The number of hydrogen-bond acceptors (Lipinski definition) is 4. The molecule has 28 heavy (non-hydrogen) atoms. The van der Waals surface area contributed by atoms with Gasteiger partial charge in [-0.2, -0.15) is 0 Å². The van der Waals surface area contributed by atoms with Crippen molar-refractivity contribution in [2.24, 2.45) is 0 Å². The average molecular weight is 387 g/mol. The topological polar surface area (TPSA) is 79.0 Å². The van der Waals surface area contributed by atoms with Crippen LogP contribution in [0, 0.1) is 0 Å². The summed E-state index contributed by atoms with van der Waals surface area (Å²) >= 11 is 0. The summed E-state index contributed by atoms with van der Waals surface area (Å²) in [7, 11) is 1.57. The summed E-state index contributed by atoms with van der Waals surface area (Å²) in [5.74, 6) is 0.118. The summed E-state index contributed by atoms with van der Waals surface area (Å²) in [4.78, 5) is 41.7. The van der Waals surface area contributed by atoms with Crippen molar-refractivity contribution in [2.75, 3.05) is 13.7 Å². The van der Waals surface area contributed by atoms with Crippen molar-refractivity contribution in [1.82, 2.24) is 15.1 Å². The van der Waals surface area contributed by atoms with Crippen molar-refractivity contribution < 1.29 is 19.1 Å². The highest BCUT2D eigenvalue weighted by Gasteiger charge is 2.52. The predicted octanol–water partition coefficient (Wildman–Crippen LogP) is 2.64. The third kappa shape index (κ3) is 3.34. The van der Waals surface area contributed by atoms with E-state index < -0.39 is 11.6 Å². The van der Waals surface area contributed by atoms with Crippen LogP contribution >= 0.6 is 0 Å². The summed E-state index contributed by atoms with van der Waals surface area (Å²) in [6, 6.07) is 6.80. The smallest absolute Gasteiger partial charge is 0.325 e. The molecule has 2 aliphatic rings. The van der Waals surface area contributed by atoms with Gasteiger partial charge in [0.1, 0.15) is 17.8 Å². The highest BCUT2D eigenvalue weighted by Crippen LogP contribution is 2.33. The van der Waals surface area contributed by atoms with Crippen molar-refractivity contribution in [3.8, 4) is 5.75 Å². The molecule has 0 spiro atoms. The lowest BCUT2D eigenvalue weighted by molar-refractivity contribution is -0.143. The molecule has 0 bridgehead atoms. The number of piperidine rings is 1. The van der Waals surface area contributed by atoms with Crippen molar-refractivity contribution in [3.05, 3.63) is 29.8 Å². The van der Waals surface area contributed by atoms with Gasteiger partial charge in [0.2, 0.25) is 5.91 Å². The molecule has 0 unspecified atom stereocenters. The number of hydrogen-bond donors (Lipinski definition) is 1. The standard InChI is InChI=1S/C21H29N3O4/c1-5-21(16-9-11-17(28-4)12-10-16)19(26)23(20(27)22-21)13-18(25)24-14(2)7-6-8-15(24)3/h9-12,14-15H,5-8,13H2,1-4H3,(H,22,27)/t14-,15+,21-/m1/s1. The molecule has 0 radical (unpaired) electrons. The molecule has 2 saturated heterocycles. The Balaban J connectivity index is 1.82.